The van der Waals surface area contributed by atoms with Crippen LogP contribution >= 0.6 is 27.3 Å². The Bertz CT molecular complexity index is 1800. The van der Waals surface area contributed by atoms with Crippen LogP contribution in [0.25, 0.3) is 10.2 Å². The molecule has 6 nitrogen and oxygen atoms in total. The van der Waals surface area contributed by atoms with E-state index in [0.717, 1.165) is 36.9 Å². The van der Waals surface area contributed by atoms with Crippen LogP contribution in [-0.2, 0) is 15.0 Å². The van der Waals surface area contributed by atoms with E-state index in [9.17, 15) is 9.59 Å². The van der Waals surface area contributed by atoms with E-state index in [-0.39, 0.29) is 17.7 Å². The highest BCUT2D eigenvalue weighted by Crippen LogP contribution is 2.63. The van der Waals surface area contributed by atoms with Crippen LogP contribution in [0, 0.1) is 11.8 Å². The average Bonchev–Trinajstić information content (AvgIpc) is 3.52. The Labute approximate surface area is 242 Å². The van der Waals surface area contributed by atoms with E-state index >= 15 is 0 Å². The summed E-state index contributed by atoms with van der Waals surface area (Å²) in [6.07, 6.45) is 1.85. The highest BCUT2D eigenvalue weighted by Gasteiger charge is 2.68. The van der Waals surface area contributed by atoms with Gasteiger partial charge in [0.25, 0.3) is 0 Å². The molecule has 0 saturated carbocycles. The molecule has 1 saturated heterocycles. The zero-order valence-electron chi connectivity index (χ0n) is 21.0. The molecule has 0 unspecified atom stereocenters. The van der Waals surface area contributed by atoms with Gasteiger partial charge in [-0.05, 0) is 58.7 Å². The molecule has 40 heavy (non-hydrogen) atoms. The molecule has 1 aromatic heterocycles. The summed E-state index contributed by atoms with van der Waals surface area (Å²) < 4.78 is 1.95. The van der Waals surface area contributed by atoms with Crippen LogP contribution in [0.15, 0.2) is 107 Å². The third-order valence-electron chi connectivity index (χ3n) is 8.49. The van der Waals surface area contributed by atoms with Crippen LogP contribution in [0.3, 0.4) is 0 Å². The van der Waals surface area contributed by atoms with Crippen molar-refractivity contribution in [3.05, 3.63) is 124 Å². The van der Waals surface area contributed by atoms with Crippen molar-refractivity contribution in [2.45, 2.75) is 11.3 Å². The van der Waals surface area contributed by atoms with E-state index < -0.39 is 17.3 Å². The number of nitrogens with zero attached hydrogens (tertiary/aromatic N) is 3. The van der Waals surface area contributed by atoms with Gasteiger partial charge in [-0.25, -0.2) is 9.88 Å². The van der Waals surface area contributed by atoms with Gasteiger partial charge in [0.2, 0.25) is 16.9 Å². The number of carbonyl (C=O) groups is 2. The van der Waals surface area contributed by atoms with Crippen molar-refractivity contribution < 1.29 is 9.59 Å². The first-order chi connectivity index (χ1) is 19.6. The predicted molar refractivity (Wildman–Crippen MR) is 161 cm³/mol. The summed E-state index contributed by atoms with van der Waals surface area (Å²) in [5.74, 6) is -1.72. The highest BCUT2D eigenvalue weighted by molar-refractivity contribution is 9.10. The lowest BCUT2D eigenvalue weighted by atomic mass is 9.47. The molecule has 9 rings (SSSR count). The molecular weight excluding hydrogens is 584 g/mol. The topological polar surface area (TPSA) is 74.7 Å². The van der Waals surface area contributed by atoms with Gasteiger partial charge < -0.3 is 0 Å². The second-order valence-corrected chi connectivity index (χ2v) is 12.3. The van der Waals surface area contributed by atoms with Crippen LogP contribution < -0.4 is 10.3 Å². The number of amides is 2. The molecule has 194 valence electrons. The van der Waals surface area contributed by atoms with E-state index in [2.05, 4.69) is 50.6 Å². The van der Waals surface area contributed by atoms with Gasteiger partial charge in [-0.15, -0.1) is 0 Å². The molecule has 0 radical (unpaired) electrons. The first kappa shape index (κ1) is 23.7. The molecule has 1 N–H and O–H groups in total. The van der Waals surface area contributed by atoms with Crippen LogP contribution in [0.5, 0.6) is 0 Å². The summed E-state index contributed by atoms with van der Waals surface area (Å²) >= 11 is 4.99. The molecule has 2 heterocycles. The maximum absolute atomic E-state index is 14.4. The Morgan fingerprint density at radius 1 is 0.850 bits per heavy atom. The number of imide groups is 1. The standard InChI is InChI=1S/C32H21BrN4O2S/c33-18-13-15-19(16-14-18)37-29(38)27-26-20-7-1-3-9-22(20)32(28(27)30(37)39,23-10-4-2-8-21(23)26)17-34-36-31-35-24-11-5-6-12-25(24)40-31/h1-17,26-28H,(H,35,36)/b34-17-/t26?,27-,28+,32?/m1/s1. The number of benzene rings is 4. The normalized spacial score (nSPS) is 24.4. The number of aromatic nitrogens is 1. The quantitative estimate of drug-likeness (QED) is 0.141. The lowest BCUT2D eigenvalue weighted by Crippen LogP contribution is -2.54. The van der Waals surface area contributed by atoms with Crippen LogP contribution in [-0.4, -0.2) is 23.0 Å². The van der Waals surface area contributed by atoms with E-state index in [1.165, 1.54) is 16.2 Å². The molecule has 4 aromatic carbocycles. The van der Waals surface area contributed by atoms with Gasteiger partial charge in [0.15, 0.2) is 0 Å². The summed E-state index contributed by atoms with van der Waals surface area (Å²) in [6, 6.07) is 31.7. The Kier molecular flexibility index (Phi) is 5.15. The SMILES string of the molecule is O=C1[C@@H]2C3c4ccccc4C(/C=N\Nc4nc5ccccc5s4)(c4ccccc43)[C@@H]2C(=O)N1c1ccc(Br)cc1. The van der Waals surface area contributed by atoms with E-state index in [4.69, 9.17) is 5.10 Å². The zero-order chi connectivity index (χ0) is 27.0. The Morgan fingerprint density at radius 2 is 1.50 bits per heavy atom. The molecule has 2 amide bonds. The molecule has 3 aliphatic carbocycles. The number of nitrogens with one attached hydrogen (secondary N) is 1. The lowest BCUT2D eigenvalue weighted by Gasteiger charge is -2.52. The minimum atomic E-state index is -0.923. The van der Waals surface area contributed by atoms with Crippen LogP contribution in [0.2, 0.25) is 0 Å². The number of rotatable bonds is 4. The number of anilines is 2. The fraction of sp³-hybridized carbons (Fsp3) is 0.125. The molecule has 4 aliphatic rings. The number of thiazole rings is 1. The predicted octanol–water partition coefficient (Wildman–Crippen LogP) is 6.71. The second-order valence-electron chi connectivity index (χ2n) is 10.4. The van der Waals surface area contributed by atoms with Crippen LogP contribution in [0.4, 0.5) is 10.8 Å². The van der Waals surface area contributed by atoms with Crippen molar-refractivity contribution in [2.24, 2.45) is 16.9 Å². The number of fused-ring (bicyclic) bond motifs is 1. The van der Waals surface area contributed by atoms with Gasteiger partial charge in [-0.3, -0.25) is 15.0 Å². The maximum Gasteiger partial charge on any atom is 0.239 e. The van der Waals surface area contributed by atoms with Crippen LogP contribution in [0.1, 0.15) is 28.2 Å². The minimum Gasteiger partial charge on any atom is -0.274 e. The van der Waals surface area contributed by atoms with E-state index in [1.54, 1.807) is 0 Å². The van der Waals surface area contributed by atoms with Gasteiger partial charge in [0.05, 0.1) is 33.2 Å². The molecule has 2 atom stereocenters. The first-order valence-electron chi connectivity index (χ1n) is 13.1. The third-order valence-corrected chi connectivity index (χ3v) is 9.96. The van der Waals surface area contributed by atoms with Crippen molar-refractivity contribution in [1.82, 2.24) is 4.98 Å². The maximum atomic E-state index is 14.4. The first-order valence-corrected chi connectivity index (χ1v) is 14.7. The van der Waals surface area contributed by atoms with Crippen molar-refractivity contribution in [2.75, 3.05) is 10.3 Å². The molecule has 1 aliphatic heterocycles. The van der Waals surface area contributed by atoms with E-state index in [1.807, 2.05) is 79.0 Å². The van der Waals surface area contributed by atoms with Crippen molar-refractivity contribution in [3.63, 3.8) is 0 Å². The van der Waals surface area contributed by atoms with Gasteiger partial charge in [-0.2, -0.15) is 5.10 Å². The van der Waals surface area contributed by atoms with Gasteiger partial charge in [-0.1, -0.05) is 87.9 Å². The highest BCUT2D eigenvalue weighted by atomic mass is 79.9. The number of carbonyl (C=O) groups excluding carboxylic acids is 2. The fourth-order valence-corrected chi connectivity index (χ4v) is 8.08. The monoisotopic (exact) mass is 604 g/mol. The van der Waals surface area contributed by atoms with Gasteiger partial charge in [0.1, 0.15) is 0 Å². The van der Waals surface area contributed by atoms with Crippen molar-refractivity contribution >= 4 is 66.3 Å². The molecule has 0 spiro atoms. The molecular formula is C32H21BrN4O2S. The smallest absolute Gasteiger partial charge is 0.239 e. The Balaban J connectivity index is 1.32. The molecule has 1 fully saturated rings. The Hall–Kier alpha value is -4.14. The summed E-state index contributed by atoms with van der Waals surface area (Å²) in [7, 11) is 0. The number of para-hydroxylation sites is 1. The largest absolute Gasteiger partial charge is 0.274 e. The summed E-state index contributed by atoms with van der Waals surface area (Å²) in [5, 5.41) is 5.41. The average molecular weight is 606 g/mol. The number of hydrazone groups is 1. The number of hydrogen-bond donors (Lipinski definition) is 1. The summed E-state index contributed by atoms with van der Waals surface area (Å²) in [4.78, 5) is 34.6. The second kappa shape index (κ2) is 8.68. The minimum absolute atomic E-state index is 0.164. The molecule has 2 bridgehead atoms. The Morgan fingerprint density at radius 3 is 2.20 bits per heavy atom. The third kappa shape index (κ3) is 3.14. The zero-order valence-corrected chi connectivity index (χ0v) is 23.4. The lowest BCUT2D eigenvalue weighted by molar-refractivity contribution is -0.122. The number of halogens is 1. The van der Waals surface area contributed by atoms with E-state index in [0.29, 0.717) is 10.8 Å². The van der Waals surface area contributed by atoms with Gasteiger partial charge >= 0.3 is 0 Å². The molecule has 8 heteroatoms. The number of hydrogen-bond acceptors (Lipinski definition) is 6. The summed E-state index contributed by atoms with van der Waals surface area (Å²) in [5.41, 5.74) is 7.89. The molecule has 5 aromatic rings. The van der Waals surface area contributed by atoms with Crippen molar-refractivity contribution in [1.29, 1.82) is 0 Å². The fourth-order valence-electron chi connectivity index (χ4n) is 7.00. The van der Waals surface area contributed by atoms with Gasteiger partial charge in [0, 0.05) is 16.6 Å². The summed E-state index contributed by atoms with van der Waals surface area (Å²) in [6.45, 7) is 0. The van der Waals surface area contributed by atoms with Crippen molar-refractivity contribution in [3.8, 4) is 0 Å².